The van der Waals surface area contributed by atoms with Gasteiger partial charge in [-0.15, -0.1) is 0 Å². The SMILES string of the molecule is C/C(=N/NC(=O)[C@H]1C[C@@H]1c1ccccc1)c1ccc2ccccc2c1. The molecule has 0 spiro atoms. The summed E-state index contributed by atoms with van der Waals surface area (Å²) in [5, 5.41) is 6.68. The molecule has 3 nitrogen and oxygen atoms in total. The maximum Gasteiger partial charge on any atom is 0.243 e. The topological polar surface area (TPSA) is 41.5 Å². The molecule has 1 aliphatic rings. The summed E-state index contributed by atoms with van der Waals surface area (Å²) in [6.07, 6.45) is 0.903. The van der Waals surface area contributed by atoms with E-state index in [1.165, 1.54) is 16.3 Å². The van der Waals surface area contributed by atoms with E-state index in [1.54, 1.807) is 0 Å². The summed E-state index contributed by atoms with van der Waals surface area (Å²) in [5.41, 5.74) is 5.81. The zero-order valence-electron chi connectivity index (χ0n) is 14.1. The molecule has 0 aromatic heterocycles. The van der Waals surface area contributed by atoms with Crippen LogP contribution in [0, 0.1) is 5.92 Å². The monoisotopic (exact) mass is 328 g/mol. The van der Waals surface area contributed by atoms with E-state index in [9.17, 15) is 4.79 Å². The molecule has 4 rings (SSSR count). The first kappa shape index (κ1) is 15.6. The van der Waals surface area contributed by atoms with Crippen molar-refractivity contribution in [3.8, 4) is 0 Å². The van der Waals surface area contributed by atoms with Gasteiger partial charge in [0.1, 0.15) is 0 Å². The fourth-order valence-electron chi connectivity index (χ4n) is 3.25. The second kappa shape index (κ2) is 6.52. The Morgan fingerprint density at radius 1 is 0.960 bits per heavy atom. The van der Waals surface area contributed by atoms with Gasteiger partial charge in [-0.3, -0.25) is 4.79 Å². The molecular formula is C22H20N2O. The van der Waals surface area contributed by atoms with Gasteiger partial charge < -0.3 is 0 Å². The third-order valence-corrected chi connectivity index (χ3v) is 4.86. The average Bonchev–Trinajstić information content (AvgIpc) is 3.47. The lowest BCUT2D eigenvalue weighted by atomic mass is 10.0. The first-order chi connectivity index (χ1) is 12.2. The van der Waals surface area contributed by atoms with Crippen molar-refractivity contribution in [1.29, 1.82) is 0 Å². The number of hydrogen-bond acceptors (Lipinski definition) is 2. The number of hydrogen-bond donors (Lipinski definition) is 1. The molecule has 3 aromatic rings. The van der Waals surface area contributed by atoms with Crippen molar-refractivity contribution in [2.24, 2.45) is 11.0 Å². The van der Waals surface area contributed by atoms with Gasteiger partial charge in [-0.05, 0) is 47.2 Å². The molecule has 0 heterocycles. The fraction of sp³-hybridized carbons (Fsp3) is 0.182. The molecule has 0 radical (unpaired) electrons. The van der Waals surface area contributed by atoms with E-state index < -0.39 is 0 Å². The third-order valence-electron chi connectivity index (χ3n) is 4.86. The van der Waals surface area contributed by atoms with Crippen molar-refractivity contribution in [3.05, 3.63) is 83.9 Å². The second-order valence-electron chi connectivity index (χ2n) is 6.59. The zero-order chi connectivity index (χ0) is 17.2. The summed E-state index contributed by atoms with van der Waals surface area (Å²) < 4.78 is 0. The molecule has 124 valence electrons. The number of rotatable bonds is 4. The van der Waals surface area contributed by atoms with E-state index >= 15 is 0 Å². The van der Waals surface area contributed by atoms with Gasteiger partial charge in [-0.1, -0.05) is 66.7 Å². The van der Waals surface area contributed by atoms with Crippen LogP contribution in [0.5, 0.6) is 0 Å². The molecule has 0 saturated heterocycles. The lowest BCUT2D eigenvalue weighted by Crippen LogP contribution is -2.21. The van der Waals surface area contributed by atoms with Crippen LogP contribution < -0.4 is 5.43 Å². The van der Waals surface area contributed by atoms with Crippen LogP contribution >= 0.6 is 0 Å². The van der Waals surface area contributed by atoms with Crippen molar-refractivity contribution in [3.63, 3.8) is 0 Å². The predicted octanol–water partition coefficient (Wildman–Crippen LogP) is 4.48. The van der Waals surface area contributed by atoms with Crippen LogP contribution in [0.25, 0.3) is 10.8 Å². The van der Waals surface area contributed by atoms with Crippen molar-refractivity contribution in [2.75, 3.05) is 0 Å². The fourth-order valence-corrected chi connectivity index (χ4v) is 3.25. The Kier molecular flexibility index (Phi) is 4.06. The van der Waals surface area contributed by atoms with E-state index in [2.05, 4.69) is 46.9 Å². The number of amides is 1. The van der Waals surface area contributed by atoms with Crippen LogP contribution in [0.15, 0.2) is 77.9 Å². The summed E-state index contributed by atoms with van der Waals surface area (Å²) >= 11 is 0. The highest BCUT2D eigenvalue weighted by Gasteiger charge is 2.43. The van der Waals surface area contributed by atoms with Gasteiger partial charge in [0, 0.05) is 5.92 Å². The Bertz CT molecular complexity index is 946. The number of fused-ring (bicyclic) bond motifs is 1. The van der Waals surface area contributed by atoms with E-state index in [1.807, 2.05) is 43.3 Å². The third kappa shape index (κ3) is 3.31. The molecular weight excluding hydrogens is 308 g/mol. The van der Waals surface area contributed by atoms with E-state index in [0.717, 1.165) is 17.7 Å². The normalized spacial score (nSPS) is 19.6. The Hall–Kier alpha value is -2.94. The molecule has 25 heavy (non-hydrogen) atoms. The Morgan fingerprint density at radius 3 is 2.48 bits per heavy atom. The van der Waals surface area contributed by atoms with Gasteiger partial charge >= 0.3 is 0 Å². The number of benzene rings is 3. The second-order valence-corrected chi connectivity index (χ2v) is 6.59. The summed E-state index contributed by atoms with van der Waals surface area (Å²) in [4.78, 5) is 12.3. The average molecular weight is 328 g/mol. The van der Waals surface area contributed by atoms with Gasteiger partial charge in [0.05, 0.1) is 5.71 Å². The molecule has 0 bridgehead atoms. The van der Waals surface area contributed by atoms with E-state index in [0.29, 0.717) is 5.92 Å². The molecule has 3 heteroatoms. The minimum atomic E-state index is 0.00833. The van der Waals surface area contributed by atoms with Crippen LogP contribution in [0.4, 0.5) is 0 Å². The van der Waals surface area contributed by atoms with Gasteiger partial charge in [-0.2, -0.15) is 5.10 Å². The van der Waals surface area contributed by atoms with Crippen LogP contribution in [-0.2, 0) is 4.79 Å². The van der Waals surface area contributed by atoms with Gasteiger partial charge in [0.2, 0.25) is 5.91 Å². The molecule has 1 aliphatic carbocycles. The Labute approximate surface area is 147 Å². The molecule has 0 aliphatic heterocycles. The number of nitrogens with one attached hydrogen (secondary N) is 1. The molecule has 1 saturated carbocycles. The molecule has 3 aromatic carbocycles. The van der Waals surface area contributed by atoms with E-state index in [4.69, 9.17) is 0 Å². The van der Waals surface area contributed by atoms with Crippen LogP contribution in [0.1, 0.15) is 30.4 Å². The van der Waals surface area contributed by atoms with Crippen molar-refractivity contribution in [2.45, 2.75) is 19.3 Å². The standard InChI is InChI=1S/C22H20N2O/c1-15(18-12-11-16-7-5-6-10-19(16)13-18)23-24-22(25)21-14-20(21)17-8-3-2-4-9-17/h2-13,20-21H,14H2,1H3,(H,24,25)/b23-15-/t20-,21+/m1/s1. The quantitative estimate of drug-likeness (QED) is 0.557. The highest BCUT2D eigenvalue weighted by molar-refractivity contribution is 6.02. The molecule has 2 atom stereocenters. The maximum absolute atomic E-state index is 12.3. The van der Waals surface area contributed by atoms with Gasteiger partial charge in [0.25, 0.3) is 0 Å². The highest BCUT2D eigenvalue weighted by Crippen LogP contribution is 2.47. The molecule has 1 fully saturated rings. The number of carbonyl (C=O) groups excluding carboxylic acids is 1. The number of nitrogens with zero attached hydrogens (tertiary/aromatic N) is 1. The lowest BCUT2D eigenvalue weighted by molar-refractivity contribution is -0.122. The summed E-state index contributed by atoms with van der Waals surface area (Å²) in [6, 6.07) is 24.7. The summed E-state index contributed by atoms with van der Waals surface area (Å²) in [7, 11) is 0. The van der Waals surface area contributed by atoms with Crippen LogP contribution in [0.2, 0.25) is 0 Å². The number of hydrazone groups is 1. The van der Waals surface area contributed by atoms with E-state index in [-0.39, 0.29) is 11.8 Å². The maximum atomic E-state index is 12.3. The first-order valence-corrected chi connectivity index (χ1v) is 8.60. The smallest absolute Gasteiger partial charge is 0.243 e. The molecule has 0 unspecified atom stereocenters. The Morgan fingerprint density at radius 2 is 1.68 bits per heavy atom. The van der Waals surface area contributed by atoms with Crippen molar-refractivity contribution in [1.82, 2.24) is 5.43 Å². The van der Waals surface area contributed by atoms with Crippen LogP contribution in [0.3, 0.4) is 0 Å². The Balaban J connectivity index is 1.43. The first-order valence-electron chi connectivity index (χ1n) is 8.60. The molecule has 1 amide bonds. The summed E-state index contributed by atoms with van der Waals surface area (Å²) in [6.45, 7) is 1.92. The number of carbonyl (C=O) groups is 1. The van der Waals surface area contributed by atoms with Gasteiger partial charge in [-0.25, -0.2) is 5.43 Å². The molecule has 1 N–H and O–H groups in total. The zero-order valence-corrected chi connectivity index (χ0v) is 14.1. The minimum Gasteiger partial charge on any atom is -0.273 e. The van der Waals surface area contributed by atoms with Crippen molar-refractivity contribution >= 4 is 22.4 Å². The predicted molar refractivity (Wildman–Crippen MR) is 102 cm³/mol. The minimum absolute atomic E-state index is 0.00833. The van der Waals surface area contributed by atoms with Crippen molar-refractivity contribution < 1.29 is 4.79 Å². The lowest BCUT2D eigenvalue weighted by Gasteiger charge is -2.05. The summed E-state index contributed by atoms with van der Waals surface area (Å²) in [5.74, 6) is 0.377. The largest absolute Gasteiger partial charge is 0.273 e. The van der Waals surface area contributed by atoms with Gasteiger partial charge in [0.15, 0.2) is 0 Å². The van der Waals surface area contributed by atoms with Crippen LogP contribution in [-0.4, -0.2) is 11.6 Å². The highest BCUT2D eigenvalue weighted by atomic mass is 16.2.